The van der Waals surface area contributed by atoms with Gasteiger partial charge in [-0.3, -0.25) is 19.9 Å². The minimum atomic E-state index is -0.976. The number of carbonyl (C=O) groups excluding carboxylic acids is 1. The van der Waals surface area contributed by atoms with Gasteiger partial charge in [-0.2, -0.15) is 4.39 Å². The number of pyridine rings is 1. The summed E-state index contributed by atoms with van der Waals surface area (Å²) in [6.45, 7) is 0. The van der Waals surface area contributed by atoms with Gasteiger partial charge in [0, 0.05) is 24.1 Å². The molecule has 1 amide bonds. The number of thioether (sulfide) groups is 1. The number of benzene rings is 1. The molecule has 0 radical (unpaired) electrons. The molecule has 0 fully saturated rings. The van der Waals surface area contributed by atoms with E-state index in [1.54, 1.807) is 24.5 Å². The van der Waals surface area contributed by atoms with Gasteiger partial charge in [-0.05, 0) is 24.3 Å². The van der Waals surface area contributed by atoms with Crippen LogP contribution in [0.25, 0.3) is 11.5 Å². The molecule has 0 saturated carbocycles. The first-order valence-electron chi connectivity index (χ1n) is 7.13. The van der Waals surface area contributed by atoms with Crippen molar-refractivity contribution in [2.24, 2.45) is 0 Å². The number of nitro groups is 1. The lowest BCUT2D eigenvalue weighted by Gasteiger charge is -2.04. The highest BCUT2D eigenvalue weighted by atomic mass is 32.2. The van der Waals surface area contributed by atoms with E-state index >= 15 is 0 Å². The number of carbonyl (C=O) groups is 1. The molecule has 2 heterocycles. The maximum absolute atomic E-state index is 13.3. The number of amides is 1. The molecule has 3 rings (SSSR count). The Labute approximate surface area is 149 Å². The summed E-state index contributed by atoms with van der Waals surface area (Å²) in [5, 5.41) is 21.0. The van der Waals surface area contributed by atoms with Crippen LogP contribution in [0.15, 0.2) is 52.4 Å². The normalized spacial score (nSPS) is 10.5. The Morgan fingerprint density at radius 2 is 2.19 bits per heavy atom. The minimum Gasteiger partial charge on any atom is -0.411 e. The first-order chi connectivity index (χ1) is 12.5. The molecule has 0 aliphatic heterocycles. The Kier molecular flexibility index (Phi) is 5.17. The number of nitrogens with one attached hydrogen (secondary N) is 1. The fraction of sp³-hybridized carbons (Fsp3) is 0.0667. The summed E-state index contributed by atoms with van der Waals surface area (Å²) >= 11 is 0.996. The number of anilines is 1. The van der Waals surface area contributed by atoms with Gasteiger partial charge in [0.05, 0.1) is 16.2 Å². The maximum Gasteiger partial charge on any atom is 0.306 e. The van der Waals surface area contributed by atoms with E-state index in [0.717, 1.165) is 23.9 Å². The molecule has 2 aromatic heterocycles. The zero-order valence-electron chi connectivity index (χ0n) is 13.0. The lowest BCUT2D eigenvalue weighted by atomic mass is 10.2. The van der Waals surface area contributed by atoms with E-state index < -0.39 is 22.3 Å². The first-order valence-corrected chi connectivity index (χ1v) is 8.12. The van der Waals surface area contributed by atoms with Crippen LogP contribution in [0, 0.1) is 15.9 Å². The second-order valence-corrected chi connectivity index (χ2v) is 5.80. The molecule has 3 aromatic rings. The van der Waals surface area contributed by atoms with E-state index in [2.05, 4.69) is 20.5 Å². The highest BCUT2D eigenvalue weighted by Crippen LogP contribution is 2.24. The summed E-state index contributed by atoms with van der Waals surface area (Å²) in [7, 11) is 0. The second-order valence-electron chi connectivity index (χ2n) is 4.87. The zero-order valence-corrected chi connectivity index (χ0v) is 13.8. The SMILES string of the molecule is O=C(CSc1nnc(-c2cccnc2)o1)Nc1ccc(F)c([N+](=O)[O-])c1. The first kappa shape index (κ1) is 17.5. The van der Waals surface area contributed by atoms with Crippen molar-refractivity contribution < 1.29 is 18.5 Å². The Bertz CT molecular complexity index is 950. The number of hydrogen-bond acceptors (Lipinski definition) is 8. The van der Waals surface area contributed by atoms with E-state index in [1.165, 1.54) is 6.07 Å². The summed E-state index contributed by atoms with van der Waals surface area (Å²) < 4.78 is 18.7. The van der Waals surface area contributed by atoms with Gasteiger partial charge in [0.2, 0.25) is 17.6 Å². The Balaban J connectivity index is 1.59. The van der Waals surface area contributed by atoms with E-state index in [-0.39, 0.29) is 22.6 Å². The fourth-order valence-electron chi connectivity index (χ4n) is 1.93. The molecule has 132 valence electrons. The lowest BCUT2D eigenvalue weighted by Crippen LogP contribution is -2.14. The van der Waals surface area contributed by atoms with Crippen LogP contribution in [0.2, 0.25) is 0 Å². The van der Waals surface area contributed by atoms with Crippen LogP contribution < -0.4 is 5.32 Å². The predicted molar refractivity (Wildman–Crippen MR) is 89.9 cm³/mol. The van der Waals surface area contributed by atoms with Gasteiger partial charge in [0.15, 0.2) is 0 Å². The van der Waals surface area contributed by atoms with E-state index in [4.69, 9.17) is 4.42 Å². The molecule has 0 spiro atoms. The second kappa shape index (κ2) is 7.70. The van der Waals surface area contributed by atoms with Crippen molar-refractivity contribution in [1.82, 2.24) is 15.2 Å². The zero-order chi connectivity index (χ0) is 18.5. The van der Waals surface area contributed by atoms with Crippen molar-refractivity contribution in [2.75, 3.05) is 11.1 Å². The third-order valence-electron chi connectivity index (χ3n) is 3.07. The van der Waals surface area contributed by atoms with Crippen molar-refractivity contribution in [3.05, 3.63) is 58.7 Å². The number of hydrogen-bond donors (Lipinski definition) is 1. The summed E-state index contributed by atoms with van der Waals surface area (Å²) in [6.07, 6.45) is 3.18. The summed E-state index contributed by atoms with van der Waals surface area (Å²) in [5.41, 5.74) is 0.0497. The van der Waals surface area contributed by atoms with Crippen molar-refractivity contribution in [3.63, 3.8) is 0 Å². The van der Waals surface area contributed by atoms with Gasteiger partial charge in [-0.1, -0.05) is 11.8 Å². The molecule has 0 unspecified atom stereocenters. The molecule has 0 aliphatic rings. The van der Waals surface area contributed by atoms with Crippen molar-refractivity contribution in [2.45, 2.75) is 5.22 Å². The summed E-state index contributed by atoms with van der Waals surface area (Å²) in [5.74, 6) is -1.23. The van der Waals surface area contributed by atoms with Gasteiger partial charge in [0.1, 0.15) is 0 Å². The maximum atomic E-state index is 13.3. The van der Waals surface area contributed by atoms with Gasteiger partial charge in [0.25, 0.3) is 5.22 Å². The van der Waals surface area contributed by atoms with Crippen molar-refractivity contribution >= 4 is 29.0 Å². The van der Waals surface area contributed by atoms with E-state index in [1.807, 2.05) is 0 Å². The number of halogens is 1. The summed E-state index contributed by atoms with van der Waals surface area (Å²) in [4.78, 5) is 25.7. The minimum absolute atomic E-state index is 0.0696. The molecular formula is C15H10FN5O4S. The van der Waals surface area contributed by atoms with Crippen LogP contribution in [-0.4, -0.2) is 31.8 Å². The van der Waals surface area contributed by atoms with Crippen LogP contribution >= 0.6 is 11.8 Å². The monoisotopic (exact) mass is 375 g/mol. The standard InChI is InChI=1S/C15H10FN5O4S/c16-11-4-3-10(6-12(11)21(23)24)18-13(22)8-26-15-20-19-14(25-15)9-2-1-5-17-7-9/h1-7H,8H2,(H,18,22). The molecule has 0 atom stereocenters. The Morgan fingerprint density at radius 3 is 2.92 bits per heavy atom. The van der Waals surface area contributed by atoms with Crippen LogP contribution in [-0.2, 0) is 4.79 Å². The third-order valence-corrected chi connectivity index (χ3v) is 3.89. The van der Waals surface area contributed by atoms with Gasteiger partial charge in [-0.25, -0.2) is 0 Å². The number of nitro benzene ring substituents is 1. The van der Waals surface area contributed by atoms with Gasteiger partial charge >= 0.3 is 5.69 Å². The molecule has 9 nitrogen and oxygen atoms in total. The molecule has 1 N–H and O–H groups in total. The highest BCUT2D eigenvalue weighted by Gasteiger charge is 2.16. The van der Waals surface area contributed by atoms with Crippen LogP contribution in [0.5, 0.6) is 0 Å². The number of aromatic nitrogens is 3. The molecule has 1 aromatic carbocycles. The molecular weight excluding hydrogens is 365 g/mol. The average Bonchev–Trinajstić information content (AvgIpc) is 3.11. The van der Waals surface area contributed by atoms with Gasteiger partial charge < -0.3 is 9.73 Å². The quantitative estimate of drug-likeness (QED) is 0.396. The molecule has 26 heavy (non-hydrogen) atoms. The molecule has 11 heteroatoms. The number of rotatable bonds is 6. The fourth-order valence-corrected chi connectivity index (χ4v) is 2.49. The van der Waals surface area contributed by atoms with Crippen LogP contribution in [0.3, 0.4) is 0 Å². The Morgan fingerprint density at radius 1 is 1.35 bits per heavy atom. The molecule has 0 bridgehead atoms. The van der Waals surface area contributed by atoms with E-state index in [0.29, 0.717) is 5.56 Å². The van der Waals surface area contributed by atoms with Crippen molar-refractivity contribution in [3.8, 4) is 11.5 Å². The molecule has 0 saturated heterocycles. The Hall–Kier alpha value is -3.34. The average molecular weight is 375 g/mol. The highest BCUT2D eigenvalue weighted by molar-refractivity contribution is 7.99. The topological polar surface area (TPSA) is 124 Å². The predicted octanol–water partition coefficient (Wildman–Crippen LogP) is 2.91. The third kappa shape index (κ3) is 4.19. The van der Waals surface area contributed by atoms with Gasteiger partial charge in [-0.15, -0.1) is 10.2 Å². The van der Waals surface area contributed by atoms with Crippen molar-refractivity contribution in [1.29, 1.82) is 0 Å². The largest absolute Gasteiger partial charge is 0.411 e. The smallest absolute Gasteiger partial charge is 0.306 e. The summed E-state index contributed by atoms with van der Waals surface area (Å²) in [6, 6.07) is 6.58. The van der Waals surface area contributed by atoms with E-state index in [9.17, 15) is 19.3 Å². The molecule has 0 aliphatic carbocycles. The number of nitrogens with zero attached hydrogens (tertiary/aromatic N) is 4. The lowest BCUT2D eigenvalue weighted by molar-refractivity contribution is -0.387. The van der Waals surface area contributed by atoms with Crippen LogP contribution in [0.1, 0.15) is 0 Å². The van der Waals surface area contributed by atoms with Crippen LogP contribution in [0.4, 0.5) is 15.8 Å².